The van der Waals surface area contributed by atoms with Crippen molar-refractivity contribution in [3.63, 3.8) is 0 Å². The van der Waals surface area contributed by atoms with Gasteiger partial charge in [0.1, 0.15) is 0 Å². The summed E-state index contributed by atoms with van der Waals surface area (Å²) in [6, 6.07) is 14.6. The molecule has 220 valence electrons. The van der Waals surface area contributed by atoms with Gasteiger partial charge in [-0.05, 0) is 43.9 Å². The van der Waals surface area contributed by atoms with E-state index in [-0.39, 0.29) is 5.54 Å². The van der Waals surface area contributed by atoms with Gasteiger partial charge < -0.3 is 15.1 Å². The molecular weight excluding hydrogens is 548 g/mol. The number of rotatable bonds is 4. The summed E-state index contributed by atoms with van der Waals surface area (Å²) >= 11 is 0. The Morgan fingerprint density at radius 2 is 1.48 bits per heavy atom. The van der Waals surface area contributed by atoms with Gasteiger partial charge >= 0.3 is 24.3 Å². The summed E-state index contributed by atoms with van der Waals surface area (Å²) in [5.74, 6) is -5.19. The van der Waals surface area contributed by atoms with Gasteiger partial charge in [-0.2, -0.15) is 26.3 Å². The Morgan fingerprint density at radius 3 is 1.95 bits per heavy atom. The molecule has 2 aliphatic heterocycles. The largest absolute Gasteiger partial charge is 0.490 e. The zero-order valence-corrected chi connectivity index (χ0v) is 21.5. The van der Waals surface area contributed by atoms with Crippen molar-refractivity contribution in [1.82, 2.24) is 14.8 Å². The van der Waals surface area contributed by atoms with Crippen molar-refractivity contribution < 1.29 is 50.9 Å². The summed E-state index contributed by atoms with van der Waals surface area (Å²) in [4.78, 5) is 39.5. The number of alkyl halides is 6. The van der Waals surface area contributed by atoms with Gasteiger partial charge in [0, 0.05) is 44.3 Å². The first-order valence-corrected chi connectivity index (χ1v) is 12.1. The average molecular weight is 578 g/mol. The van der Waals surface area contributed by atoms with Crippen molar-refractivity contribution in [1.29, 1.82) is 0 Å². The van der Waals surface area contributed by atoms with Crippen LogP contribution in [0.2, 0.25) is 0 Å². The lowest BCUT2D eigenvalue weighted by molar-refractivity contribution is -0.193. The minimum absolute atomic E-state index is 0.0570. The number of hydrogen-bond donors (Lipinski definition) is 2. The highest BCUT2D eigenvalue weighted by Crippen LogP contribution is 2.40. The van der Waals surface area contributed by atoms with Gasteiger partial charge in [-0.1, -0.05) is 35.9 Å². The lowest BCUT2D eigenvalue weighted by Gasteiger charge is -2.45. The molecular formula is C26H29F6N3O5. The third-order valence-corrected chi connectivity index (χ3v) is 6.48. The lowest BCUT2D eigenvalue weighted by Crippen LogP contribution is -2.52. The van der Waals surface area contributed by atoms with E-state index in [1.807, 2.05) is 18.3 Å². The first kappa shape index (κ1) is 32.5. The number of carbonyl (C=O) groups excluding carboxylic acids is 1. The molecule has 1 aromatic heterocycles. The van der Waals surface area contributed by atoms with E-state index in [9.17, 15) is 31.1 Å². The predicted octanol–water partition coefficient (Wildman–Crippen LogP) is 4.81. The smallest absolute Gasteiger partial charge is 0.475 e. The van der Waals surface area contributed by atoms with Crippen LogP contribution in [-0.2, 0) is 27.5 Å². The molecule has 40 heavy (non-hydrogen) atoms. The fourth-order valence-corrected chi connectivity index (χ4v) is 4.49. The van der Waals surface area contributed by atoms with Gasteiger partial charge in [0.2, 0.25) is 5.91 Å². The molecule has 0 bridgehead atoms. The van der Waals surface area contributed by atoms with Crippen LogP contribution in [0.1, 0.15) is 42.5 Å². The van der Waals surface area contributed by atoms with Crippen molar-refractivity contribution in [2.24, 2.45) is 0 Å². The van der Waals surface area contributed by atoms with Gasteiger partial charge in [0.25, 0.3) is 0 Å². The summed E-state index contributed by atoms with van der Waals surface area (Å²) in [6.45, 7) is 5.84. The maximum atomic E-state index is 12.6. The van der Waals surface area contributed by atoms with E-state index in [0.717, 1.165) is 51.1 Å². The Bertz CT molecular complexity index is 1130. The third kappa shape index (κ3) is 9.81. The molecule has 2 aliphatic rings. The maximum absolute atomic E-state index is 12.6. The van der Waals surface area contributed by atoms with E-state index in [2.05, 4.69) is 52.0 Å². The number of carbonyl (C=O) groups is 3. The van der Waals surface area contributed by atoms with Crippen LogP contribution in [0.25, 0.3) is 0 Å². The zero-order chi connectivity index (χ0) is 30.1. The first-order valence-electron chi connectivity index (χ1n) is 12.1. The Kier molecular flexibility index (Phi) is 11.1. The fourth-order valence-electron chi connectivity index (χ4n) is 4.49. The van der Waals surface area contributed by atoms with Crippen LogP contribution in [0.4, 0.5) is 26.3 Å². The molecule has 8 nitrogen and oxygen atoms in total. The number of aromatic nitrogens is 1. The quantitative estimate of drug-likeness (QED) is 0.502. The summed E-state index contributed by atoms with van der Waals surface area (Å²) in [7, 11) is 0. The highest BCUT2D eigenvalue weighted by molar-refractivity contribution is 5.79. The van der Waals surface area contributed by atoms with Gasteiger partial charge in [0.15, 0.2) is 0 Å². The van der Waals surface area contributed by atoms with Crippen molar-refractivity contribution >= 4 is 17.8 Å². The second-order valence-electron chi connectivity index (χ2n) is 9.40. The maximum Gasteiger partial charge on any atom is 0.490 e. The minimum Gasteiger partial charge on any atom is -0.475 e. The molecule has 2 N–H and O–H groups in total. The van der Waals surface area contributed by atoms with Crippen LogP contribution in [0, 0.1) is 6.92 Å². The molecule has 0 unspecified atom stereocenters. The van der Waals surface area contributed by atoms with E-state index in [0.29, 0.717) is 12.3 Å². The molecule has 14 heteroatoms. The van der Waals surface area contributed by atoms with E-state index in [4.69, 9.17) is 19.8 Å². The normalized spacial score (nSPS) is 17.0. The number of pyridine rings is 1. The highest BCUT2D eigenvalue weighted by atomic mass is 19.4. The standard InChI is InChI=1S/C22H27N3O.2C2HF3O2/c1-18-5-4-6-19(15-18)16-25-21(26)8-9-22(25)10-13-24(14-11-22)17-20-7-2-3-12-23-20;2*3-2(4,5)1(6)7/h2-7,12,15H,8-11,13-14,16-17H2,1H3;2*(H,6,7). The van der Waals surface area contributed by atoms with E-state index >= 15 is 0 Å². The van der Waals surface area contributed by atoms with Crippen molar-refractivity contribution in [2.75, 3.05) is 13.1 Å². The number of halogens is 6. The summed E-state index contributed by atoms with van der Waals surface area (Å²) in [5, 5.41) is 14.2. The summed E-state index contributed by atoms with van der Waals surface area (Å²) < 4.78 is 63.5. The number of hydrogen-bond acceptors (Lipinski definition) is 5. The van der Waals surface area contributed by atoms with Gasteiger partial charge in [-0.25, -0.2) is 9.59 Å². The molecule has 2 fully saturated rings. The Labute approximate surface area is 226 Å². The number of carboxylic acids is 2. The van der Waals surface area contributed by atoms with Crippen molar-refractivity contribution in [2.45, 2.75) is 63.6 Å². The van der Waals surface area contributed by atoms with Crippen LogP contribution in [-0.4, -0.2) is 73.8 Å². The van der Waals surface area contributed by atoms with Crippen LogP contribution < -0.4 is 0 Å². The van der Waals surface area contributed by atoms with Gasteiger partial charge in [-0.3, -0.25) is 14.7 Å². The second-order valence-corrected chi connectivity index (χ2v) is 9.40. The summed E-state index contributed by atoms with van der Waals surface area (Å²) in [5.41, 5.74) is 3.69. The molecule has 1 spiro atoms. The number of benzene rings is 1. The average Bonchev–Trinajstić information content (AvgIpc) is 3.16. The van der Waals surface area contributed by atoms with Gasteiger partial charge in [-0.15, -0.1) is 0 Å². The number of likely N-dealkylation sites (tertiary alicyclic amines) is 2. The van der Waals surface area contributed by atoms with E-state index in [1.165, 1.54) is 11.1 Å². The Morgan fingerprint density at radius 1 is 0.900 bits per heavy atom. The number of carboxylic acid groups (broad SMARTS) is 2. The Balaban J connectivity index is 0.000000333. The molecule has 0 aliphatic carbocycles. The highest BCUT2D eigenvalue weighted by Gasteiger charge is 2.46. The molecule has 3 heterocycles. The monoisotopic (exact) mass is 577 g/mol. The minimum atomic E-state index is -5.08. The SMILES string of the molecule is Cc1cccc(CN2C(=O)CCC23CCN(Cc2ccccn2)CC3)c1.O=C(O)C(F)(F)F.O=C(O)C(F)(F)F. The third-order valence-electron chi connectivity index (χ3n) is 6.48. The second kappa shape index (κ2) is 13.6. The molecule has 0 radical (unpaired) electrons. The van der Waals surface area contributed by atoms with Crippen LogP contribution >= 0.6 is 0 Å². The van der Waals surface area contributed by atoms with E-state index in [1.54, 1.807) is 0 Å². The molecule has 1 aromatic carbocycles. The van der Waals surface area contributed by atoms with Crippen molar-refractivity contribution in [3.8, 4) is 0 Å². The molecule has 0 saturated carbocycles. The van der Waals surface area contributed by atoms with Crippen LogP contribution in [0.3, 0.4) is 0 Å². The lowest BCUT2D eigenvalue weighted by atomic mass is 9.84. The van der Waals surface area contributed by atoms with Gasteiger partial charge in [0.05, 0.1) is 5.69 Å². The number of aryl methyl sites for hydroxylation is 1. The van der Waals surface area contributed by atoms with Crippen LogP contribution in [0.15, 0.2) is 48.7 Å². The van der Waals surface area contributed by atoms with Crippen LogP contribution in [0.5, 0.6) is 0 Å². The topological polar surface area (TPSA) is 111 Å². The van der Waals surface area contributed by atoms with Crippen molar-refractivity contribution in [3.05, 3.63) is 65.5 Å². The summed E-state index contributed by atoms with van der Waals surface area (Å²) in [6.07, 6.45) is -4.46. The number of amides is 1. The zero-order valence-electron chi connectivity index (χ0n) is 21.5. The first-order chi connectivity index (χ1) is 18.5. The molecule has 1 amide bonds. The Hall–Kier alpha value is -3.68. The number of nitrogens with zero attached hydrogens (tertiary/aromatic N) is 3. The fraction of sp³-hybridized carbons (Fsp3) is 0.462. The predicted molar refractivity (Wildman–Crippen MR) is 130 cm³/mol. The molecule has 0 atom stereocenters. The number of piperidine rings is 1. The molecule has 2 aromatic rings. The molecule has 2 saturated heterocycles. The number of aliphatic carboxylic acids is 2. The molecule has 4 rings (SSSR count). The van der Waals surface area contributed by atoms with E-state index < -0.39 is 24.3 Å².